The molecule has 1 unspecified atom stereocenters. The quantitative estimate of drug-likeness (QED) is 0.719. The van der Waals surface area contributed by atoms with E-state index in [4.69, 9.17) is 11.6 Å². The minimum atomic E-state index is 0.391. The Kier molecular flexibility index (Phi) is 3.78. The van der Waals surface area contributed by atoms with Gasteiger partial charge >= 0.3 is 0 Å². The fourth-order valence-corrected chi connectivity index (χ4v) is 3.39. The maximum absolute atomic E-state index is 6.06. The Hall–Kier alpha value is -0.990. The van der Waals surface area contributed by atoms with Crippen LogP contribution in [0.4, 0.5) is 5.69 Å². The second-order valence-electron chi connectivity index (χ2n) is 5.50. The van der Waals surface area contributed by atoms with Gasteiger partial charge in [-0.2, -0.15) is 0 Å². The zero-order valence-corrected chi connectivity index (χ0v) is 14.0. The number of nitrogens with one attached hydrogen (secondary N) is 1. The van der Waals surface area contributed by atoms with Gasteiger partial charge in [-0.05, 0) is 73.2 Å². The Balaban J connectivity index is 1.87. The summed E-state index contributed by atoms with van der Waals surface area (Å²) in [4.78, 5) is 0. The van der Waals surface area contributed by atoms with Crippen molar-refractivity contribution < 1.29 is 0 Å². The van der Waals surface area contributed by atoms with Gasteiger partial charge in [0.2, 0.25) is 0 Å². The molecule has 20 heavy (non-hydrogen) atoms. The zero-order chi connectivity index (χ0) is 14.3. The van der Waals surface area contributed by atoms with E-state index in [0.717, 1.165) is 17.9 Å². The molecule has 1 aliphatic carbocycles. The summed E-state index contributed by atoms with van der Waals surface area (Å²) in [6.07, 6.45) is 2.23. The van der Waals surface area contributed by atoms with Crippen LogP contribution in [0.5, 0.6) is 0 Å². The molecule has 0 saturated carbocycles. The van der Waals surface area contributed by atoms with E-state index in [9.17, 15) is 0 Å². The van der Waals surface area contributed by atoms with Gasteiger partial charge in [-0.1, -0.05) is 33.6 Å². The van der Waals surface area contributed by atoms with Gasteiger partial charge in [0.1, 0.15) is 0 Å². The maximum Gasteiger partial charge on any atom is 0.0519 e. The topological polar surface area (TPSA) is 12.0 Å². The van der Waals surface area contributed by atoms with Crippen LogP contribution in [0.3, 0.4) is 0 Å². The number of benzene rings is 2. The highest BCUT2D eigenvalue weighted by molar-refractivity contribution is 9.10. The summed E-state index contributed by atoms with van der Waals surface area (Å²) in [6, 6.07) is 11.0. The Morgan fingerprint density at radius 1 is 1.15 bits per heavy atom. The van der Waals surface area contributed by atoms with E-state index in [-0.39, 0.29) is 0 Å². The fourth-order valence-electron chi connectivity index (χ4n) is 2.97. The molecular weight excluding hydrogens is 334 g/mol. The second kappa shape index (κ2) is 5.42. The third kappa shape index (κ3) is 2.59. The van der Waals surface area contributed by atoms with Crippen LogP contribution in [-0.2, 0) is 6.42 Å². The van der Waals surface area contributed by atoms with E-state index in [1.165, 1.54) is 32.4 Å². The van der Waals surface area contributed by atoms with Crippen molar-refractivity contribution in [3.8, 4) is 0 Å². The average molecular weight is 351 g/mol. The van der Waals surface area contributed by atoms with Crippen LogP contribution >= 0.6 is 27.5 Å². The number of anilines is 1. The highest BCUT2D eigenvalue weighted by Crippen LogP contribution is 2.36. The number of aryl methyl sites for hydroxylation is 3. The summed E-state index contributed by atoms with van der Waals surface area (Å²) < 4.78 is 1.20. The van der Waals surface area contributed by atoms with E-state index >= 15 is 0 Å². The van der Waals surface area contributed by atoms with Crippen molar-refractivity contribution in [1.82, 2.24) is 0 Å². The van der Waals surface area contributed by atoms with Gasteiger partial charge < -0.3 is 5.32 Å². The lowest BCUT2D eigenvalue weighted by Gasteiger charge is -2.17. The minimum absolute atomic E-state index is 0.391. The van der Waals surface area contributed by atoms with Crippen molar-refractivity contribution in [1.29, 1.82) is 0 Å². The van der Waals surface area contributed by atoms with Crippen LogP contribution in [0.15, 0.2) is 34.8 Å². The summed E-state index contributed by atoms with van der Waals surface area (Å²) in [7, 11) is 0. The number of rotatable bonds is 2. The van der Waals surface area contributed by atoms with E-state index in [1.54, 1.807) is 0 Å². The molecule has 0 heterocycles. The van der Waals surface area contributed by atoms with E-state index in [0.29, 0.717) is 6.04 Å². The van der Waals surface area contributed by atoms with E-state index in [2.05, 4.69) is 59.4 Å². The molecule has 1 nitrogen and oxygen atoms in total. The highest BCUT2D eigenvalue weighted by Gasteiger charge is 2.22. The fraction of sp³-hybridized carbons (Fsp3) is 0.294. The lowest BCUT2D eigenvalue weighted by Crippen LogP contribution is -2.07. The molecule has 104 valence electrons. The normalized spacial score (nSPS) is 17.1. The molecule has 0 aliphatic heterocycles. The van der Waals surface area contributed by atoms with Crippen molar-refractivity contribution in [2.24, 2.45) is 0 Å². The highest BCUT2D eigenvalue weighted by atomic mass is 79.9. The SMILES string of the molecule is Cc1cc(NC2CCc3cc(Cl)ccc32)cc(C)c1Br. The first kappa shape index (κ1) is 14.0. The third-order valence-corrected chi connectivity index (χ3v) is 5.45. The molecule has 0 amide bonds. The van der Waals surface area contributed by atoms with E-state index in [1.807, 2.05) is 6.07 Å². The van der Waals surface area contributed by atoms with Crippen molar-refractivity contribution >= 4 is 33.2 Å². The zero-order valence-electron chi connectivity index (χ0n) is 11.6. The van der Waals surface area contributed by atoms with Crippen molar-refractivity contribution in [2.75, 3.05) is 5.32 Å². The first-order chi connectivity index (χ1) is 9.54. The molecule has 3 rings (SSSR count). The third-order valence-electron chi connectivity index (χ3n) is 3.96. The predicted octanol–water partition coefficient (Wildman–Crippen LogP) is 5.82. The standard InChI is InChI=1S/C17H17BrClN/c1-10-7-14(8-11(2)17(10)18)20-16-6-3-12-9-13(19)4-5-15(12)16/h4-5,7-9,16,20H,3,6H2,1-2H3. The van der Waals surface area contributed by atoms with Gasteiger partial charge in [-0.25, -0.2) is 0 Å². The van der Waals surface area contributed by atoms with Gasteiger partial charge in [-0.3, -0.25) is 0 Å². The molecule has 0 saturated heterocycles. The molecule has 0 spiro atoms. The molecule has 1 aliphatic rings. The first-order valence-electron chi connectivity index (χ1n) is 6.86. The van der Waals surface area contributed by atoms with Crippen LogP contribution < -0.4 is 5.32 Å². The Labute approximate surface area is 133 Å². The molecule has 2 aromatic rings. The molecule has 0 bridgehead atoms. The molecular formula is C17H17BrClN. The van der Waals surface area contributed by atoms with Gasteiger partial charge in [-0.15, -0.1) is 0 Å². The molecule has 0 fully saturated rings. The van der Waals surface area contributed by atoms with Gasteiger partial charge in [0.25, 0.3) is 0 Å². The van der Waals surface area contributed by atoms with Crippen molar-refractivity contribution in [3.63, 3.8) is 0 Å². The van der Waals surface area contributed by atoms with Crippen molar-refractivity contribution in [2.45, 2.75) is 32.7 Å². The molecule has 1 N–H and O–H groups in total. The predicted molar refractivity (Wildman–Crippen MR) is 89.8 cm³/mol. The summed E-state index contributed by atoms with van der Waals surface area (Å²) >= 11 is 9.68. The molecule has 0 aromatic heterocycles. The van der Waals surface area contributed by atoms with Gasteiger partial charge in [0.15, 0.2) is 0 Å². The Morgan fingerprint density at radius 2 is 1.85 bits per heavy atom. The number of halogens is 2. The molecule has 0 radical (unpaired) electrons. The van der Waals surface area contributed by atoms with E-state index < -0.39 is 0 Å². The second-order valence-corrected chi connectivity index (χ2v) is 6.73. The van der Waals surface area contributed by atoms with Crippen LogP contribution in [0.25, 0.3) is 0 Å². The van der Waals surface area contributed by atoms with Crippen LogP contribution in [-0.4, -0.2) is 0 Å². The summed E-state index contributed by atoms with van der Waals surface area (Å²) in [5, 5.41) is 4.49. The van der Waals surface area contributed by atoms with Gasteiger partial charge in [0, 0.05) is 15.2 Å². The largest absolute Gasteiger partial charge is 0.378 e. The molecule has 3 heteroatoms. The summed E-state index contributed by atoms with van der Waals surface area (Å²) in [5.74, 6) is 0. The van der Waals surface area contributed by atoms with Crippen molar-refractivity contribution in [3.05, 3.63) is 62.1 Å². The Bertz CT molecular complexity index is 643. The number of hydrogen-bond acceptors (Lipinski definition) is 1. The van der Waals surface area contributed by atoms with Gasteiger partial charge in [0.05, 0.1) is 6.04 Å². The summed E-state index contributed by atoms with van der Waals surface area (Å²) in [5.41, 5.74) is 6.48. The van der Waals surface area contributed by atoms with Crippen LogP contribution in [0.2, 0.25) is 5.02 Å². The maximum atomic E-state index is 6.06. The number of fused-ring (bicyclic) bond motifs is 1. The summed E-state index contributed by atoms with van der Waals surface area (Å²) in [6.45, 7) is 4.26. The molecule has 2 aromatic carbocycles. The Morgan fingerprint density at radius 3 is 2.55 bits per heavy atom. The smallest absolute Gasteiger partial charge is 0.0519 e. The lowest BCUT2D eigenvalue weighted by atomic mass is 10.1. The monoisotopic (exact) mass is 349 g/mol. The van der Waals surface area contributed by atoms with Crippen LogP contribution in [0.1, 0.15) is 34.7 Å². The number of hydrogen-bond donors (Lipinski definition) is 1. The average Bonchev–Trinajstić information content (AvgIpc) is 2.78. The van der Waals surface area contributed by atoms with Crippen LogP contribution in [0, 0.1) is 13.8 Å². The first-order valence-corrected chi connectivity index (χ1v) is 8.03. The lowest BCUT2D eigenvalue weighted by molar-refractivity contribution is 0.762. The minimum Gasteiger partial charge on any atom is -0.378 e. The molecule has 1 atom stereocenters.